The first-order chi connectivity index (χ1) is 9.77. The highest BCUT2D eigenvalue weighted by atomic mass is 79.9. The van der Waals surface area contributed by atoms with Crippen LogP contribution in [0.4, 0.5) is 0 Å². The minimum absolute atomic E-state index is 0.190. The fraction of sp³-hybridized carbons (Fsp3) is 0.385. The van der Waals surface area contributed by atoms with Gasteiger partial charge in [-0.25, -0.2) is 8.42 Å². The normalized spacial score (nSPS) is 12.0. The highest BCUT2D eigenvalue weighted by Crippen LogP contribution is 2.19. The smallest absolute Gasteiger partial charge is 0.296 e. The summed E-state index contributed by atoms with van der Waals surface area (Å²) in [5.41, 5.74) is 1.02. The number of halogens is 2. The molecule has 5 nitrogen and oxygen atoms in total. The van der Waals surface area contributed by atoms with E-state index in [9.17, 15) is 8.42 Å². The third-order valence-corrected chi connectivity index (χ3v) is 4.52. The largest absolute Gasteiger partial charge is 0.300 e. The molecule has 0 saturated carbocycles. The van der Waals surface area contributed by atoms with E-state index in [1.165, 1.54) is 0 Å². The van der Waals surface area contributed by atoms with Crippen molar-refractivity contribution < 1.29 is 8.42 Å². The quantitative estimate of drug-likeness (QED) is 0.733. The summed E-state index contributed by atoms with van der Waals surface area (Å²) in [6.07, 6.45) is 0.499. The maximum atomic E-state index is 11.6. The molecule has 1 aromatic heterocycles. The summed E-state index contributed by atoms with van der Waals surface area (Å²) in [5.74, 6) is 0.840. The van der Waals surface area contributed by atoms with E-state index in [-0.39, 0.29) is 11.1 Å². The molecule has 0 saturated heterocycles. The summed E-state index contributed by atoms with van der Waals surface area (Å²) in [7, 11) is 1.52. The zero-order chi connectivity index (χ0) is 15.6. The fourth-order valence-electron chi connectivity index (χ4n) is 1.96. The Labute approximate surface area is 136 Å². The van der Waals surface area contributed by atoms with E-state index < -0.39 is 9.05 Å². The number of hydrogen-bond acceptors (Lipinski definition) is 4. The van der Waals surface area contributed by atoms with Crippen molar-refractivity contribution in [2.24, 2.45) is 5.92 Å². The lowest BCUT2D eigenvalue weighted by molar-refractivity contribution is 0.474. The molecule has 1 aromatic carbocycles. The van der Waals surface area contributed by atoms with Crippen molar-refractivity contribution in [3.63, 3.8) is 0 Å². The Morgan fingerprint density at radius 2 is 1.86 bits per heavy atom. The lowest BCUT2D eigenvalue weighted by Crippen LogP contribution is -2.13. The van der Waals surface area contributed by atoms with E-state index in [1.807, 2.05) is 38.1 Å². The van der Waals surface area contributed by atoms with Crippen LogP contribution in [0.15, 0.2) is 33.9 Å². The standard InChI is InChI=1S/C13H15BrClN3O2S/c1-9(2)8-18-12(16-17-13(18)21(15,19)20)7-10-3-5-11(14)6-4-10/h3-6,9H,7-8H2,1-2H3. The minimum atomic E-state index is -3.90. The van der Waals surface area contributed by atoms with E-state index in [0.717, 1.165) is 10.0 Å². The molecule has 0 aliphatic carbocycles. The molecule has 8 heteroatoms. The molecule has 114 valence electrons. The van der Waals surface area contributed by atoms with E-state index in [1.54, 1.807) is 4.57 Å². The SMILES string of the molecule is CC(C)Cn1c(Cc2ccc(Br)cc2)nnc1S(=O)(=O)Cl. The lowest BCUT2D eigenvalue weighted by atomic mass is 10.1. The number of hydrogen-bond donors (Lipinski definition) is 0. The summed E-state index contributed by atoms with van der Waals surface area (Å²) >= 11 is 3.38. The molecule has 0 N–H and O–H groups in total. The first-order valence-electron chi connectivity index (χ1n) is 6.38. The van der Waals surface area contributed by atoms with Crippen LogP contribution in [0.25, 0.3) is 0 Å². The molecule has 2 rings (SSSR count). The molecule has 0 bridgehead atoms. The van der Waals surface area contributed by atoms with Crippen molar-refractivity contribution in [1.82, 2.24) is 14.8 Å². The van der Waals surface area contributed by atoms with Crippen LogP contribution in [0.5, 0.6) is 0 Å². The van der Waals surface area contributed by atoms with Crippen molar-refractivity contribution in [2.75, 3.05) is 0 Å². The highest BCUT2D eigenvalue weighted by Gasteiger charge is 2.23. The van der Waals surface area contributed by atoms with E-state index in [2.05, 4.69) is 26.1 Å². The maximum Gasteiger partial charge on any atom is 0.296 e. The maximum absolute atomic E-state index is 11.6. The molecule has 0 atom stereocenters. The third kappa shape index (κ3) is 4.28. The highest BCUT2D eigenvalue weighted by molar-refractivity contribution is 9.10. The van der Waals surface area contributed by atoms with Crippen LogP contribution in [-0.4, -0.2) is 23.2 Å². The van der Waals surface area contributed by atoms with Gasteiger partial charge < -0.3 is 4.57 Å². The zero-order valence-corrected chi connectivity index (χ0v) is 14.8. The average molecular weight is 393 g/mol. The molecular weight excluding hydrogens is 378 g/mol. The van der Waals surface area contributed by atoms with Gasteiger partial charge >= 0.3 is 0 Å². The summed E-state index contributed by atoms with van der Waals surface area (Å²) in [4.78, 5) is 0. The Hall–Kier alpha value is -0.920. The predicted molar refractivity (Wildman–Crippen MR) is 84.8 cm³/mol. The van der Waals surface area contributed by atoms with Gasteiger partial charge in [-0.2, -0.15) is 0 Å². The predicted octanol–water partition coefficient (Wildman–Crippen LogP) is 3.21. The van der Waals surface area contributed by atoms with Gasteiger partial charge in [0.05, 0.1) is 0 Å². The lowest BCUT2D eigenvalue weighted by Gasteiger charge is -2.11. The van der Waals surface area contributed by atoms with Crippen LogP contribution < -0.4 is 0 Å². The topological polar surface area (TPSA) is 64.8 Å². The van der Waals surface area contributed by atoms with Gasteiger partial charge in [-0.3, -0.25) is 0 Å². The number of rotatable bonds is 5. The average Bonchev–Trinajstić information content (AvgIpc) is 2.74. The summed E-state index contributed by atoms with van der Waals surface area (Å²) in [6.45, 7) is 4.49. The molecule has 0 aliphatic heterocycles. The Morgan fingerprint density at radius 3 is 2.38 bits per heavy atom. The molecule has 0 aliphatic rings. The van der Waals surface area contributed by atoms with Crippen LogP contribution in [0, 0.1) is 5.92 Å². The van der Waals surface area contributed by atoms with Gasteiger partial charge in [-0.05, 0) is 23.6 Å². The van der Waals surface area contributed by atoms with Crippen LogP contribution in [-0.2, 0) is 22.0 Å². The van der Waals surface area contributed by atoms with Crippen LogP contribution in [0.1, 0.15) is 25.2 Å². The van der Waals surface area contributed by atoms with Gasteiger partial charge in [0.2, 0.25) is 0 Å². The molecule has 0 radical (unpaired) electrons. The monoisotopic (exact) mass is 391 g/mol. The van der Waals surface area contributed by atoms with Crippen molar-refractivity contribution >= 4 is 35.7 Å². The van der Waals surface area contributed by atoms with Gasteiger partial charge in [-0.1, -0.05) is 41.9 Å². The van der Waals surface area contributed by atoms with Crippen molar-refractivity contribution in [2.45, 2.75) is 32.0 Å². The van der Waals surface area contributed by atoms with Crippen molar-refractivity contribution in [3.05, 3.63) is 40.1 Å². The van der Waals surface area contributed by atoms with Crippen LogP contribution >= 0.6 is 26.6 Å². The first kappa shape index (κ1) is 16.5. The second-order valence-electron chi connectivity index (χ2n) is 5.14. The van der Waals surface area contributed by atoms with Crippen molar-refractivity contribution in [3.8, 4) is 0 Å². The van der Waals surface area contributed by atoms with E-state index in [4.69, 9.17) is 10.7 Å². The van der Waals surface area contributed by atoms with Gasteiger partial charge in [0.25, 0.3) is 14.2 Å². The van der Waals surface area contributed by atoms with E-state index >= 15 is 0 Å². The van der Waals surface area contributed by atoms with Crippen molar-refractivity contribution in [1.29, 1.82) is 0 Å². The summed E-state index contributed by atoms with van der Waals surface area (Å²) in [6, 6.07) is 7.76. The van der Waals surface area contributed by atoms with Gasteiger partial charge in [0, 0.05) is 28.1 Å². The number of benzene rings is 1. The minimum Gasteiger partial charge on any atom is -0.300 e. The Balaban J connectivity index is 2.39. The molecule has 0 spiro atoms. The Bertz CT molecular complexity index is 726. The molecule has 0 unspecified atom stereocenters. The van der Waals surface area contributed by atoms with Gasteiger partial charge in [-0.15, -0.1) is 10.2 Å². The number of aromatic nitrogens is 3. The zero-order valence-electron chi connectivity index (χ0n) is 11.6. The molecule has 21 heavy (non-hydrogen) atoms. The molecule has 1 heterocycles. The Morgan fingerprint density at radius 1 is 1.24 bits per heavy atom. The number of nitrogens with zero attached hydrogens (tertiary/aromatic N) is 3. The van der Waals surface area contributed by atoms with Crippen LogP contribution in [0.2, 0.25) is 0 Å². The van der Waals surface area contributed by atoms with Crippen LogP contribution in [0.3, 0.4) is 0 Å². The fourth-order valence-corrected chi connectivity index (χ4v) is 3.15. The Kier molecular flexibility index (Phi) is 5.06. The third-order valence-electron chi connectivity index (χ3n) is 2.83. The second kappa shape index (κ2) is 6.46. The molecular formula is C13H15BrClN3O2S. The first-order valence-corrected chi connectivity index (χ1v) is 9.49. The molecule has 0 fully saturated rings. The van der Waals surface area contributed by atoms with E-state index in [0.29, 0.717) is 18.8 Å². The van der Waals surface area contributed by atoms with Gasteiger partial charge in [0.15, 0.2) is 0 Å². The molecule has 2 aromatic rings. The molecule has 0 amide bonds. The summed E-state index contributed by atoms with van der Waals surface area (Å²) < 4.78 is 25.7. The second-order valence-corrected chi connectivity index (χ2v) is 8.52. The summed E-state index contributed by atoms with van der Waals surface area (Å²) in [5, 5.41) is 7.54. The van der Waals surface area contributed by atoms with Gasteiger partial charge in [0.1, 0.15) is 5.82 Å².